The summed E-state index contributed by atoms with van der Waals surface area (Å²) in [5.74, 6) is -0.0514. The highest BCUT2D eigenvalue weighted by molar-refractivity contribution is 7.88. The molecule has 2 rings (SSSR count). The smallest absolute Gasteiger partial charge is 0.218 e. The second-order valence-corrected chi connectivity index (χ2v) is 7.39. The molecule has 0 amide bonds. The topological polar surface area (TPSA) is 66.6 Å². The van der Waals surface area contributed by atoms with Crippen LogP contribution < -0.4 is 5.73 Å². The van der Waals surface area contributed by atoms with E-state index in [2.05, 4.69) is 4.90 Å². The van der Waals surface area contributed by atoms with Gasteiger partial charge in [0.2, 0.25) is 10.0 Å². The van der Waals surface area contributed by atoms with Crippen molar-refractivity contribution in [2.45, 2.75) is 5.75 Å². The van der Waals surface area contributed by atoms with E-state index in [0.29, 0.717) is 24.2 Å². The molecule has 1 aliphatic rings. The maximum atomic E-state index is 12.5. The van der Waals surface area contributed by atoms with Crippen LogP contribution in [0.2, 0.25) is 0 Å². The Morgan fingerprint density at radius 1 is 1.25 bits per heavy atom. The van der Waals surface area contributed by atoms with Crippen LogP contribution in [-0.2, 0) is 15.8 Å². The average Bonchev–Trinajstić information content (AvgIpc) is 2.39. The van der Waals surface area contributed by atoms with Crippen LogP contribution in [-0.4, -0.2) is 55.8 Å². The van der Waals surface area contributed by atoms with Crippen LogP contribution in [0.1, 0.15) is 11.1 Å². The molecule has 1 fully saturated rings. The molecule has 0 spiro atoms. The van der Waals surface area contributed by atoms with Gasteiger partial charge in [0.15, 0.2) is 0 Å². The third kappa shape index (κ3) is 3.54. The van der Waals surface area contributed by atoms with Gasteiger partial charge in [-0.1, -0.05) is 36.5 Å². The lowest BCUT2D eigenvalue weighted by Gasteiger charge is -2.31. The molecule has 1 saturated heterocycles. The molecule has 1 heterocycles. The fraction of sp³-hybridized carbons (Fsp3) is 0.462. The van der Waals surface area contributed by atoms with Crippen molar-refractivity contribution in [2.24, 2.45) is 5.73 Å². The van der Waals surface area contributed by atoms with E-state index in [1.54, 1.807) is 28.6 Å². The van der Waals surface area contributed by atoms with Crippen molar-refractivity contribution < 1.29 is 8.42 Å². The summed E-state index contributed by atoms with van der Waals surface area (Å²) in [5, 5.41) is 0. The zero-order valence-corrected chi connectivity index (χ0v) is 13.1. The molecule has 0 atom stereocenters. The van der Waals surface area contributed by atoms with E-state index in [1.165, 1.54) is 0 Å². The van der Waals surface area contributed by atoms with Gasteiger partial charge in [0.05, 0.1) is 5.75 Å². The Bertz CT molecular complexity index is 593. The van der Waals surface area contributed by atoms with E-state index < -0.39 is 10.0 Å². The van der Waals surface area contributed by atoms with Gasteiger partial charge in [-0.15, -0.1) is 0 Å². The van der Waals surface area contributed by atoms with Crippen LogP contribution in [0.25, 0.3) is 0 Å². The Labute approximate surface area is 125 Å². The summed E-state index contributed by atoms with van der Waals surface area (Å²) < 4.78 is 26.5. The highest BCUT2D eigenvalue weighted by Crippen LogP contribution is 2.16. The predicted octanol–water partition coefficient (Wildman–Crippen LogP) is 0.398. The van der Waals surface area contributed by atoms with Gasteiger partial charge in [0.25, 0.3) is 0 Å². The molecule has 0 unspecified atom stereocenters. The molecule has 5 nitrogen and oxygen atoms in total. The van der Waals surface area contributed by atoms with Crippen molar-refractivity contribution in [3.8, 4) is 0 Å². The average molecular weight is 313 g/mol. The lowest BCUT2D eigenvalue weighted by Crippen LogP contribution is -2.47. The molecular formula is C13H19N3O2S2. The number of hydrogen-bond acceptors (Lipinski definition) is 4. The van der Waals surface area contributed by atoms with Crippen LogP contribution in [0.4, 0.5) is 0 Å². The summed E-state index contributed by atoms with van der Waals surface area (Å²) in [6.45, 7) is 2.59. The molecule has 0 radical (unpaired) electrons. The number of likely N-dealkylation sites (N-methyl/N-ethyl adjacent to an activating group) is 1. The van der Waals surface area contributed by atoms with Crippen molar-refractivity contribution in [3.05, 3.63) is 35.4 Å². The zero-order valence-electron chi connectivity index (χ0n) is 11.4. The minimum atomic E-state index is -3.32. The number of piperazine rings is 1. The van der Waals surface area contributed by atoms with Crippen molar-refractivity contribution in [3.63, 3.8) is 0 Å². The fourth-order valence-corrected chi connectivity index (χ4v) is 3.99. The first-order valence-electron chi connectivity index (χ1n) is 6.44. The first-order valence-corrected chi connectivity index (χ1v) is 8.46. The number of thiocarbonyl (C=S) groups is 1. The second kappa shape index (κ2) is 6.17. The molecule has 0 saturated carbocycles. The third-order valence-corrected chi connectivity index (χ3v) is 5.52. The molecule has 0 aromatic heterocycles. The number of rotatable bonds is 4. The fourth-order valence-electron chi connectivity index (χ4n) is 2.24. The zero-order chi connectivity index (χ0) is 14.8. The van der Waals surface area contributed by atoms with Gasteiger partial charge in [-0.25, -0.2) is 8.42 Å². The van der Waals surface area contributed by atoms with Crippen LogP contribution in [0, 0.1) is 0 Å². The minimum absolute atomic E-state index is 0.0514. The van der Waals surface area contributed by atoms with Gasteiger partial charge in [-0.3, -0.25) is 0 Å². The molecule has 0 bridgehead atoms. The molecule has 0 aliphatic carbocycles. The summed E-state index contributed by atoms with van der Waals surface area (Å²) >= 11 is 4.97. The second-order valence-electron chi connectivity index (χ2n) is 4.98. The Hall–Kier alpha value is -1.02. The normalized spacial score (nSPS) is 18.1. The Morgan fingerprint density at radius 3 is 2.45 bits per heavy atom. The molecule has 1 aromatic rings. The predicted molar refractivity (Wildman–Crippen MR) is 84.0 cm³/mol. The van der Waals surface area contributed by atoms with Gasteiger partial charge in [-0.2, -0.15) is 4.31 Å². The molecular weight excluding hydrogens is 294 g/mol. The maximum absolute atomic E-state index is 12.5. The van der Waals surface area contributed by atoms with Gasteiger partial charge in [0.1, 0.15) is 4.99 Å². The van der Waals surface area contributed by atoms with E-state index in [-0.39, 0.29) is 10.7 Å². The quantitative estimate of drug-likeness (QED) is 0.815. The maximum Gasteiger partial charge on any atom is 0.218 e. The highest BCUT2D eigenvalue weighted by Gasteiger charge is 2.26. The Kier molecular flexibility index (Phi) is 4.74. The number of hydrogen-bond donors (Lipinski definition) is 1. The van der Waals surface area contributed by atoms with Crippen molar-refractivity contribution in [1.82, 2.24) is 9.21 Å². The number of sulfonamides is 1. The van der Waals surface area contributed by atoms with Gasteiger partial charge >= 0.3 is 0 Å². The van der Waals surface area contributed by atoms with E-state index in [9.17, 15) is 8.42 Å². The van der Waals surface area contributed by atoms with Gasteiger partial charge < -0.3 is 10.6 Å². The summed E-state index contributed by atoms with van der Waals surface area (Å²) in [6.07, 6.45) is 0. The molecule has 20 heavy (non-hydrogen) atoms. The van der Waals surface area contributed by atoms with E-state index in [4.69, 9.17) is 18.0 Å². The van der Waals surface area contributed by atoms with Crippen LogP contribution in [0.15, 0.2) is 24.3 Å². The molecule has 7 heteroatoms. The SMILES string of the molecule is CN1CCN(S(=O)(=O)Cc2ccccc2C(N)=S)CC1. The minimum Gasteiger partial charge on any atom is -0.389 e. The van der Waals surface area contributed by atoms with Crippen LogP contribution in [0.5, 0.6) is 0 Å². The molecule has 1 aromatic carbocycles. The Balaban J connectivity index is 2.18. The summed E-state index contributed by atoms with van der Waals surface area (Å²) in [6, 6.07) is 7.14. The van der Waals surface area contributed by atoms with Crippen LogP contribution in [0.3, 0.4) is 0 Å². The lowest BCUT2D eigenvalue weighted by atomic mass is 10.1. The van der Waals surface area contributed by atoms with Crippen LogP contribution >= 0.6 is 12.2 Å². The largest absolute Gasteiger partial charge is 0.389 e. The van der Waals surface area contributed by atoms with Crippen molar-refractivity contribution in [2.75, 3.05) is 33.2 Å². The van der Waals surface area contributed by atoms with E-state index in [1.807, 2.05) is 7.05 Å². The monoisotopic (exact) mass is 313 g/mol. The molecule has 110 valence electrons. The highest BCUT2D eigenvalue weighted by atomic mass is 32.2. The number of nitrogens with zero attached hydrogens (tertiary/aromatic N) is 2. The van der Waals surface area contributed by atoms with E-state index >= 15 is 0 Å². The first kappa shape index (κ1) is 15.4. The standard InChI is InChI=1S/C13H19N3O2S2/c1-15-6-8-16(9-7-15)20(17,18)10-11-4-2-3-5-12(11)13(14)19/h2-5H,6-10H2,1H3,(H2,14,19). The summed E-state index contributed by atoms with van der Waals surface area (Å²) in [7, 11) is -1.33. The van der Waals surface area contributed by atoms with E-state index in [0.717, 1.165) is 13.1 Å². The number of nitrogens with two attached hydrogens (primary N) is 1. The summed E-state index contributed by atoms with van der Waals surface area (Å²) in [5.41, 5.74) is 6.95. The Morgan fingerprint density at radius 2 is 1.85 bits per heavy atom. The van der Waals surface area contributed by atoms with Crippen molar-refractivity contribution in [1.29, 1.82) is 0 Å². The molecule has 1 aliphatic heterocycles. The van der Waals surface area contributed by atoms with Gasteiger partial charge in [0, 0.05) is 31.7 Å². The van der Waals surface area contributed by atoms with Crippen molar-refractivity contribution >= 4 is 27.2 Å². The van der Waals surface area contributed by atoms with Gasteiger partial charge in [-0.05, 0) is 12.6 Å². The third-order valence-electron chi connectivity index (χ3n) is 3.48. The lowest BCUT2D eigenvalue weighted by molar-refractivity contribution is 0.222. The first-order chi connectivity index (χ1) is 9.40. The number of benzene rings is 1. The molecule has 2 N–H and O–H groups in total. The summed E-state index contributed by atoms with van der Waals surface area (Å²) in [4.78, 5) is 2.35.